The van der Waals surface area contributed by atoms with E-state index in [9.17, 15) is 13.2 Å². The third-order valence-electron chi connectivity index (χ3n) is 3.33. The predicted molar refractivity (Wildman–Crippen MR) is 104 cm³/mol. The summed E-state index contributed by atoms with van der Waals surface area (Å²) in [6, 6.07) is 10.6. The van der Waals surface area contributed by atoms with Crippen LogP contribution in [0.15, 0.2) is 47.4 Å². The molecule has 0 heterocycles. The van der Waals surface area contributed by atoms with Crippen LogP contribution >= 0.6 is 23.2 Å². The van der Waals surface area contributed by atoms with Gasteiger partial charge in [-0.2, -0.15) is 0 Å². The lowest BCUT2D eigenvalue weighted by atomic mass is 10.3. The van der Waals surface area contributed by atoms with E-state index in [0.717, 1.165) is 0 Å². The molecule has 7 nitrogen and oxygen atoms in total. The maximum Gasteiger partial charge on any atom is 0.262 e. The Morgan fingerprint density at radius 3 is 2.48 bits per heavy atom. The molecule has 1 amide bonds. The van der Waals surface area contributed by atoms with Crippen LogP contribution in [0.4, 0.5) is 5.69 Å². The summed E-state index contributed by atoms with van der Waals surface area (Å²) in [4.78, 5) is 12.1. The normalized spacial score (nSPS) is 11.2. The Morgan fingerprint density at radius 2 is 1.81 bits per heavy atom. The molecule has 0 aliphatic rings. The number of amides is 1. The first-order valence-corrected chi connectivity index (χ1v) is 10.0. The van der Waals surface area contributed by atoms with Crippen molar-refractivity contribution in [3.63, 3.8) is 0 Å². The van der Waals surface area contributed by atoms with E-state index in [4.69, 9.17) is 32.7 Å². The van der Waals surface area contributed by atoms with Crippen molar-refractivity contribution in [1.29, 1.82) is 0 Å². The van der Waals surface area contributed by atoms with Gasteiger partial charge in [0.1, 0.15) is 5.75 Å². The predicted octanol–water partition coefficient (Wildman–Crippen LogP) is 2.94. The van der Waals surface area contributed by atoms with Gasteiger partial charge in [-0.15, -0.1) is 0 Å². The number of ether oxygens (including phenoxy) is 2. The van der Waals surface area contributed by atoms with Crippen LogP contribution in [0.25, 0.3) is 0 Å². The summed E-state index contributed by atoms with van der Waals surface area (Å²) in [5, 5.41) is 3.15. The number of hydrogen-bond acceptors (Lipinski definition) is 5. The number of nitrogens with one attached hydrogen (secondary N) is 2. The molecule has 0 aliphatic heterocycles. The lowest BCUT2D eigenvalue weighted by molar-refractivity contribution is -0.118. The fourth-order valence-electron chi connectivity index (χ4n) is 2.01. The number of sulfonamides is 1. The van der Waals surface area contributed by atoms with Crippen molar-refractivity contribution in [3.05, 3.63) is 52.5 Å². The number of benzene rings is 2. The first kappa shape index (κ1) is 21.5. The van der Waals surface area contributed by atoms with E-state index in [1.165, 1.54) is 31.4 Å². The van der Waals surface area contributed by atoms with E-state index in [1.54, 1.807) is 18.2 Å². The van der Waals surface area contributed by atoms with Crippen molar-refractivity contribution < 1.29 is 22.7 Å². The maximum atomic E-state index is 12.1. The van der Waals surface area contributed by atoms with Crippen molar-refractivity contribution in [2.24, 2.45) is 0 Å². The average molecular weight is 433 g/mol. The molecule has 0 saturated carbocycles. The third kappa shape index (κ3) is 6.37. The molecule has 0 spiro atoms. The molecule has 2 aromatic rings. The summed E-state index contributed by atoms with van der Waals surface area (Å²) in [5.74, 6) is -0.0877. The molecular formula is C17H18Cl2N2O5S. The van der Waals surface area contributed by atoms with Crippen molar-refractivity contribution in [2.75, 3.05) is 32.2 Å². The Hall–Kier alpha value is -1.84. The van der Waals surface area contributed by atoms with Gasteiger partial charge < -0.3 is 14.8 Å². The van der Waals surface area contributed by atoms with Gasteiger partial charge in [-0.05, 0) is 36.4 Å². The molecular weight excluding hydrogens is 415 g/mol. The number of anilines is 1. The van der Waals surface area contributed by atoms with Gasteiger partial charge in [0.05, 0.1) is 27.2 Å². The summed E-state index contributed by atoms with van der Waals surface area (Å²) in [7, 11) is -2.14. The van der Waals surface area contributed by atoms with Gasteiger partial charge in [0, 0.05) is 13.7 Å². The summed E-state index contributed by atoms with van der Waals surface area (Å²) in [6.07, 6.45) is 0. The molecule has 0 fully saturated rings. The first-order chi connectivity index (χ1) is 12.8. The number of halogens is 2. The van der Waals surface area contributed by atoms with Crippen molar-refractivity contribution in [3.8, 4) is 5.75 Å². The minimum absolute atomic E-state index is 0.0844. The monoisotopic (exact) mass is 432 g/mol. The van der Waals surface area contributed by atoms with Gasteiger partial charge in [0.25, 0.3) is 5.91 Å². The van der Waals surface area contributed by atoms with Crippen LogP contribution < -0.4 is 14.8 Å². The second-order valence-electron chi connectivity index (χ2n) is 5.30. The zero-order valence-corrected chi connectivity index (χ0v) is 16.7. The summed E-state index contributed by atoms with van der Waals surface area (Å²) in [5.41, 5.74) is 0.376. The molecule has 0 bridgehead atoms. The molecule has 2 aromatic carbocycles. The van der Waals surface area contributed by atoms with Crippen LogP contribution in [0.1, 0.15) is 0 Å². The van der Waals surface area contributed by atoms with Crippen molar-refractivity contribution in [1.82, 2.24) is 4.72 Å². The van der Waals surface area contributed by atoms with E-state index in [-0.39, 0.29) is 29.7 Å². The van der Waals surface area contributed by atoms with Crippen LogP contribution in [0.2, 0.25) is 10.0 Å². The summed E-state index contributed by atoms with van der Waals surface area (Å²) < 4.78 is 36.7. The molecule has 0 atom stereocenters. The fourth-order valence-corrected chi connectivity index (χ4v) is 3.37. The minimum Gasteiger partial charge on any atom is -0.484 e. The smallest absolute Gasteiger partial charge is 0.262 e. The molecule has 2 rings (SSSR count). The second kappa shape index (κ2) is 9.91. The summed E-state index contributed by atoms with van der Waals surface area (Å²) >= 11 is 11.9. The lowest BCUT2D eigenvalue weighted by Crippen LogP contribution is -2.27. The van der Waals surface area contributed by atoms with Gasteiger partial charge in [0.2, 0.25) is 10.0 Å². The Balaban J connectivity index is 1.91. The van der Waals surface area contributed by atoms with Crippen LogP contribution in [0.3, 0.4) is 0 Å². The van der Waals surface area contributed by atoms with Gasteiger partial charge >= 0.3 is 0 Å². The Bertz CT molecular complexity index is 889. The van der Waals surface area contributed by atoms with Gasteiger partial charge in [-0.3, -0.25) is 4.79 Å². The van der Waals surface area contributed by atoms with E-state index in [2.05, 4.69) is 10.0 Å². The molecule has 0 unspecified atom stereocenters. The van der Waals surface area contributed by atoms with Crippen molar-refractivity contribution >= 4 is 44.8 Å². The molecule has 2 N–H and O–H groups in total. The molecule has 146 valence electrons. The SMILES string of the molecule is COCCNS(=O)(=O)c1ccc(OCC(=O)Nc2cccc(Cl)c2Cl)cc1. The Morgan fingerprint density at radius 1 is 1.11 bits per heavy atom. The number of carbonyl (C=O) groups excluding carboxylic acids is 1. The quantitative estimate of drug-likeness (QED) is 0.594. The van der Waals surface area contributed by atoms with Crippen LogP contribution in [0.5, 0.6) is 5.75 Å². The topological polar surface area (TPSA) is 93.7 Å². The van der Waals surface area contributed by atoms with Crippen LogP contribution in [0, 0.1) is 0 Å². The minimum atomic E-state index is -3.62. The van der Waals surface area contributed by atoms with Gasteiger partial charge in [0.15, 0.2) is 6.61 Å². The third-order valence-corrected chi connectivity index (χ3v) is 5.62. The van der Waals surface area contributed by atoms with E-state index >= 15 is 0 Å². The Labute approximate surface area is 167 Å². The number of hydrogen-bond donors (Lipinski definition) is 2. The fraction of sp³-hybridized carbons (Fsp3) is 0.235. The molecule has 0 aliphatic carbocycles. The molecule has 0 saturated heterocycles. The molecule has 27 heavy (non-hydrogen) atoms. The zero-order chi connectivity index (χ0) is 19.9. The van der Waals surface area contributed by atoms with Gasteiger partial charge in [-0.1, -0.05) is 29.3 Å². The van der Waals surface area contributed by atoms with Crippen LogP contribution in [-0.4, -0.2) is 41.2 Å². The van der Waals surface area contributed by atoms with E-state index in [1.807, 2.05) is 0 Å². The molecule has 10 heteroatoms. The van der Waals surface area contributed by atoms with Gasteiger partial charge in [-0.25, -0.2) is 13.1 Å². The highest BCUT2D eigenvalue weighted by Gasteiger charge is 2.14. The zero-order valence-electron chi connectivity index (χ0n) is 14.4. The first-order valence-electron chi connectivity index (χ1n) is 7.79. The lowest BCUT2D eigenvalue weighted by Gasteiger charge is -2.10. The standard InChI is InChI=1S/C17H18Cl2N2O5S/c1-25-10-9-20-27(23,24)13-7-5-12(6-8-13)26-11-16(22)21-15-4-2-3-14(18)17(15)19/h2-8,20H,9-11H2,1H3,(H,21,22). The molecule has 0 aromatic heterocycles. The summed E-state index contributed by atoms with van der Waals surface area (Å²) in [6.45, 7) is 0.163. The maximum absolute atomic E-state index is 12.1. The number of rotatable bonds is 9. The Kier molecular flexibility index (Phi) is 7.88. The van der Waals surface area contributed by atoms with Crippen LogP contribution in [-0.2, 0) is 19.6 Å². The second-order valence-corrected chi connectivity index (χ2v) is 7.85. The average Bonchev–Trinajstić information content (AvgIpc) is 2.64. The highest BCUT2D eigenvalue weighted by atomic mass is 35.5. The van der Waals surface area contributed by atoms with E-state index in [0.29, 0.717) is 16.5 Å². The number of methoxy groups -OCH3 is 1. The molecule has 0 radical (unpaired) electrons. The van der Waals surface area contributed by atoms with Crippen molar-refractivity contribution in [2.45, 2.75) is 4.90 Å². The highest BCUT2D eigenvalue weighted by Crippen LogP contribution is 2.29. The van der Waals surface area contributed by atoms with E-state index < -0.39 is 15.9 Å². The largest absolute Gasteiger partial charge is 0.484 e. The number of carbonyl (C=O) groups is 1. The highest BCUT2D eigenvalue weighted by molar-refractivity contribution is 7.89.